The standard InChI is InChI=1S/C21H26F4O6/c1-12(2)16(26)28-10-19(22,23)20(24,25)11-29-17(27)18-7-13-5-14(8-18)21(15(6-13)9-18)30-3-4-31-21/h13-15H,1,3-11H2,2H3. The van der Waals surface area contributed by atoms with E-state index in [-0.39, 0.29) is 23.3 Å². The summed E-state index contributed by atoms with van der Waals surface area (Å²) >= 11 is 0. The first kappa shape index (κ1) is 22.5. The summed E-state index contributed by atoms with van der Waals surface area (Å²) in [5, 5.41) is 0. The Morgan fingerprint density at radius 1 is 0.968 bits per heavy atom. The van der Waals surface area contributed by atoms with Gasteiger partial charge in [-0.2, -0.15) is 17.6 Å². The van der Waals surface area contributed by atoms with Crippen LogP contribution in [0, 0.1) is 23.2 Å². The summed E-state index contributed by atoms with van der Waals surface area (Å²) in [7, 11) is 0. The van der Waals surface area contributed by atoms with Crippen LogP contribution in [0.5, 0.6) is 0 Å². The molecule has 1 heterocycles. The smallest absolute Gasteiger partial charge is 0.346 e. The lowest BCUT2D eigenvalue weighted by Crippen LogP contribution is -2.63. The molecule has 1 aliphatic heterocycles. The minimum Gasteiger partial charge on any atom is -0.459 e. The molecule has 31 heavy (non-hydrogen) atoms. The number of rotatable bonds is 7. The molecule has 0 aromatic rings. The van der Waals surface area contributed by atoms with Crippen molar-refractivity contribution >= 4 is 11.9 Å². The van der Waals surface area contributed by atoms with E-state index in [1.807, 2.05) is 0 Å². The van der Waals surface area contributed by atoms with Gasteiger partial charge in [0.15, 0.2) is 19.0 Å². The molecule has 0 N–H and O–H groups in total. The minimum absolute atomic E-state index is 0.0442. The average Bonchev–Trinajstić information content (AvgIpc) is 3.18. The quantitative estimate of drug-likeness (QED) is 0.336. The van der Waals surface area contributed by atoms with E-state index < -0.39 is 48.2 Å². The highest BCUT2D eigenvalue weighted by Gasteiger charge is 2.68. The van der Waals surface area contributed by atoms with E-state index in [9.17, 15) is 27.2 Å². The summed E-state index contributed by atoms with van der Waals surface area (Å²) in [6, 6.07) is 0. The Kier molecular flexibility index (Phi) is 5.40. The predicted octanol–water partition coefficient (Wildman–Crippen LogP) is 3.49. The number of carbonyl (C=O) groups excluding carboxylic acids is 2. The van der Waals surface area contributed by atoms with Gasteiger partial charge in [0.2, 0.25) is 0 Å². The fourth-order valence-corrected chi connectivity index (χ4v) is 5.89. The number of ether oxygens (including phenoxy) is 4. The number of halogens is 4. The van der Waals surface area contributed by atoms with Crippen LogP contribution in [0.2, 0.25) is 0 Å². The zero-order valence-electron chi connectivity index (χ0n) is 17.3. The molecule has 4 saturated carbocycles. The molecule has 5 aliphatic rings. The Labute approximate surface area is 177 Å². The van der Waals surface area contributed by atoms with Crippen LogP contribution >= 0.6 is 0 Å². The minimum atomic E-state index is -4.70. The topological polar surface area (TPSA) is 71.1 Å². The zero-order valence-corrected chi connectivity index (χ0v) is 17.3. The van der Waals surface area contributed by atoms with Crippen LogP contribution in [-0.2, 0) is 28.5 Å². The van der Waals surface area contributed by atoms with Crippen molar-refractivity contribution in [1.82, 2.24) is 0 Å². The van der Waals surface area contributed by atoms with Gasteiger partial charge in [0.1, 0.15) is 0 Å². The normalized spacial score (nSPS) is 33.5. The molecule has 2 atom stereocenters. The molecule has 0 radical (unpaired) electrons. The molecule has 10 heteroatoms. The number of esters is 2. The molecule has 1 spiro atoms. The number of hydrogen-bond donors (Lipinski definition) is 0. The van der Waals surface area contributed by atoms with E-state index >= 15 is 0 Å². The largest absolute Gasteiger partial charge is 0.459 e. The Bertz CT molecular complexity index is 758. The van der Waals surface area contributed by atoms with Gasteiger partial charge in [0.25, 0.3) is 0 Å². The van der Waals surface area contributed by atoms with Gasteiger partial charge in [0.05, 0.1) is 18.6 Å². The van der Waals surface area contributed by atoms with Gasteiger partial charge in [-0.05, 0) is 44.9 Å². The highest BCUT2D eigenvalue weighted by atomic mass is 19.3. The van der Waals surface area contributed by atoms with E-state index in [1.165, 1.54) is 6.92 Å². The van der Waals surface area contributed by atoms with Gasteiger partial charge < -0.3 is 18.9 Å². The monoisotopic (exact) mass is 450 g/mol. The van der Waals surface area contributed by atoms with E-state index in [2.05, 4.69) is 11.3 Å². The second kappa shape index (κ2) is 7.43. The van der Waals surface area contributed by atoms with Gasteiger partial charge in [-0.3, -0.25) is 4.79 Å². The number of hydrogen-bond acceptors (Lipinski definition) is 6. The molecule has 5 rings (SSSR count). The highest BCUT2D eigenvalue weighted by Crippen LogP contribution is 2.66. The van der Waals surface area contributed by atoms with Crippen molar-refractivity contribution in [3.8, 4) is 0 Å². The first-order valence-corrected chi connectivity index (χ1v) is 10.4. The van der Waals surface area contributed by atoms with Gasteiger partial charge in [-0.1, -0.05) is 6.58 Å². The summed E-state index contributed by atoms with van der Waals surface area (Å²) in [6.07, 6.45) is 2.89. The van der Waals surface area contributed by atoms with Crippen molar-refractivity contribution in [2.45, 2.75) is 56.7 Å². The molecule has 5 fully saturated rings. The molecule has 4 bridgehead atoms. The number of alkyl halides is 4. The Morgan fingerprint density at radius 3 is 2.00 bits per heavy atom. The summed E-state index contributed by atoms with van der Waals surface area (Å²) in [5.41, 5.74) is -1.17. The maximum Gasteiger partial charge on any atom is 0.346 e. The third-order valence-electron chi connectivity index (χ3n) is 7.15. The first-order valence-electron chi connectivity index (χ1n) is 10.4. The average molecular weight is 450 g/mol. The second-order valence-electron chi connectivity index (χ2n) is 9.38. The Hall–Kier alpha value is -1.68. The molecular weight excluding hydrogens is 424 g/mol. The van der Waals surface area contributed by atoms with Gasteiger partial charge >= 0.3 is 23.8 Å². The molecule has 0 amide bonds. The van der Waals surface area contributed by atoms with E-state index in [0.717, 1.165) is 12.8 Å². The van der Waals surface area contributed by atoms with Crippen LogP contribution in [-0.4, -0.2) is 56.0 Å². The van der Waals surface area contributed by atoms with Crippen LogP contribution in [0.1, 0.15) is 39.0 Å². The van der Waals surface area contributed by atoms with Gasteiger partial charge in [0, 0.05) is 17.4 Å². The van der Waals surface area contributed by atoms with Crippen LogP contribution in [0.25, 0.3) is 0 Å². The molecule has 4 aliphatic carbocycles. The van der Waals surface area contributed by atoms with Crippen molar-refractivity contribution in [3.63, 3.8) is 0 Å². The summed E-state index contributed by atoms with van der Waals surface area (Å²) in [6.45, 7) is 1.74. The van der Waals surface area contributed by atoms with E-state index in [0.29, 0.717) is 32.5 Å². The lowest BCUT2D eigenvalue weighted by Gasteiger charge is -2.61. The summed E-state index contributed by atoms with van der Waals surface area (Å²) < 4.78 is 77.0. The van der Waals surface area contributed by atoms with Crippen LogP contribution in [0.4, 0.5) is 17.6 Å². The van der Waals surface area contributed by atoms with Crippen LogP contribution < -0.4 is 0 Å². The fraction of sp³-hybridized carbons (Fsp3) is 0.810. The van der Waals surface area contributed by atoms with Crippen molar-refractivity contribution in [3.05, 3.63) is 12.2 Å². The number of carbonyl (C=O) groups is 2. The highest BCUT2D eigenvalue weighted by molar-refractivity contribution is 5.86. The third-order valence-corrected chi connectivity index (χ3v) is 7.15. The molecule has 0 aromatic heterocycles. The molecule has 1 saturated heterocycles. The van der Waals surface area contributed by atoms with Gasteiger partial charge in [-0.15, -0.1) is 0 Å². The molecular formula is C21H26F4O6. The van der Waals surface area contributed by atoms with Gasteiger partial charge in [-0.25, -0.2) is 4.79 Å². The maximum atomic E-state index is 14.1. The van der Waals surface area contributed by atoms with Crippen molar-refractivity contribution in [2.24, 2.45) is 23.2 Å². The van der Waals surface area contributed by atoms with E-state index in [1.54, 1.807) is 0 Å². The van der Waals surface area contributed by atoms with Crippen molar-refractivity contribution < 1.29 is 46.1 Å². The molecule has 6 nitrogen and oxygen atoms in total. The molecule has 0 aromatic carbocycles. The van der Waals surface area contributed by atoms with Crippen LogP contribution in [0.3, 0.4) is 0 Å². The second-order valence-corrected chi connectivity index (χ2v) is 9.38. The Morgan fingerprint density at radius 2 is 1.48 bits per heavy atom. The zero-order chi connectivity index (χ0) is 22.7. The predicted molar refractivity (Wildman–Crippen MR) is 97.2 cm³/mol. The van der Waals surface area contributed by atoms with Crippen LogP contribution in [0.15, 0.2) is 12.2 Å². The Balaban J connectivity index is 1.39. The molecule has 174 valence electrons. The van der Waals surface area contributed by atoms with Crippen molar-refractivity contribution in [2.75, 3.05) is 26.4 Å². The maximum absolute atomic E-state index is 14.1. The lowest BCUT2D eigenvalue weighted by molar-refractivity contribution is -0.303. The third kappa shape index (κ3) is 3.65. The molecule has 2 unspecified atom stereocenters. The fourth-order valence-electron chi connectivity index (χ4n) is 5.89. The van der Waals surface area contributed by atoms with Crippen molar-refractivity contribution in [1.29, 1.82) is 0 Å². The summed E-state index contributed by atoms with van der Waals surface area (Å²) in [5.74, 6) is -12.1. The lowest BCUT2D eigenvalue weighted by atomic mass is 9.47. The SMILES string of the molecule is C=C(C)C(=O)OCC(F)(F)C(F)(F)COC(=O)C12CC3CC(C1)C1(OCCO1)C(C3)C2. The summed E-state index contributed by atoms with van der Waals surface area (Å²) in [4.78, 5) is 24.1. The van der Waals surface area contributed by atoms with E-state index in [4.69, 9.17) is 14.2 Å². The first-order chi connectivity index (χ1) is 14.4.